The first-order valence-corrected chi connectivity index (χ1v) is 12.1. The van der Waals surface area contributed by atoms with E-state index in [4.69, 9.17) is 4.74 Å². The van der Waals surface area contributed by atoms with Gasteiger partial charge in [-0.3, -0.25) is 9.69 Å². The van der Waals surface area contributed by atoms with E-state index in [1.54, 1.807) is 0 Å². The maximum atomic E-state index is 12.5. The lowest BCUT2D eigenvalue weighted by Gasteiger charge is -2.44. The second-order valence-electron chi connectivity index (χ2n) is 8.10. The van der Waals surface area contributed by atoms with Crippen molar-refractivity contribution in [3.8, 4) is 0 Å². The molecule has 0 fully saturated rings. The number of nitrogens with one attached hydrogen (secondary N) is 1. The van der Waals surface area contributed by atoms with Crippen molar-refractivity contribution in [2.75, 3.05) is 37.0 Å². The maximum Gasteiger partial charge on any atom is 0.319 e. The van der Waals surface area contributed by atoms with E-state index < -0.39 is 0 Å². The van der Waals surface area contributed by atoms with Gasteiger partial charge in [0.25, 0.3) is 0 Å². The van der Waals surface area contributed by atoms with Gasteiger partial charge >= 0.3 is 5.97 Å². The van der Waals surface area contributed by atoms with E-state index >= 15 is 0 Å². The van der Waals surface area contributed by atoms with Gasteiger partial charge < -0.3 is 15.0 Å². The molecule has 1 heterocycles. The van der Waals surface area contributed by atoms with Gasteiger partial charge in [0.1, 0.15) is 6.17 Å². The number of carbonyl (C=O) groups excluding carboxylic acids is 1. The average Bonchev–Trinajstić information content (AvgIpc) is 2.85. The van der Waals surface area contributed by atoms with Crippen molar-refractivity contribution in [3.05, 3.63) is 94.0 Å². The number of rotatable bonds is 7. The molecule has 33 heavy (non-hydrogen) atoms. The van der Waals surface area contributed by atoms with Gasteiger partial charge in [-0.25, -0.2) is 0 Å². The van der Waals surface area contributed by atoms with Crippen LogP contribution in [-0.2, 0) is 9.53 Å². The fraction of sp³-hybridized carbons (Fsp3) is 0.296. The first kappa shape index (κ1) is 23.3. The number of anilines is 2. The smallest absolute Gasteiger partial charge is 0.319 e. The number of hydrogen-bond donors (Lipinski definition) is 1. The molecule has 2 unspecified atom stereocenters. The van der Waals surface area contributed by atoms with Crippen molar-refractivity contribution in [2.24, 2.45) is 0 Å². The zero-order chi connectivity index (χ0) is 23.4. The van der Waals surface area contributed by atoms with Crippen LogP contribution < -0.4 is 10.2 Å². The van der Waals surface area contributed by atoms with Crippen LogP contribution in [-0.4, -0.2) is 37.6 Å². The third-order valence-electron chi connectivity index (χ3n) is 6.26. The Kier molecular flexibility index (Phi) is 7.36. The summed E-state index contributed by atoms with van der Waals surface area (Å²) >= 11 is 3.63. The molecule has 3 aromatic rings. The topological polar surface area (TPSA) is 44.8 Å². The third-order valence-corrected chi connectivity index (χ3v) is 6.75. The fourth-order valence-corrected chi connectivity index (χ4v) is 4.96. The summed E-state index contributed by atoms with van der Waals surface area (Å²) in [5.41, 5.74) is 5.61. The molecular formula is C27H30BrN3O2. The highest BCUT2D eigenvalue weighted by molar-refractivity contribution is 9.10. The minimum absolute atomic E-state index is 0.105. The van der Waals surface area contributed by atoms with Gasteiger partial charge in [-0.05, 0) is 60.9 Å². The lowest BCUT2D eigenvalue weighted by Crippen LogP contribution is -2.44. The quantitative estimate of drug-likeness (QED) is 0.398. The molecule has 5 nitrogen and oxygen atoms in total. The minimum atomic E-state index is -0.263. The molecule has 0 aliphatic carbocycles. The number of methoxy groups -OCH3 is 1. The highest BCUT2D eigenvalue weighted by atomic mass is 79.9. The highest BCUT2D eigenvalue weighted by Crippen LogP contribution is 2.44. The molecule has 0 amide bonds. The summed E-state index contributed by atoms with van der Waals surface area (Å²) in [4.78, 5) is 17.0. The number of halogens is 1. The number of nitrogens with zero attached hydrogens (tertiary/aromatic N) is 2. The predicted octanol–water partition coefficient (Wildman–Crippen LogP) is 5.98. The largest absolute Gasteiger partial charge is 0.468 e. The lowest BCUT2D eigenvalue weighted by atomic mass is 9.91. The monoisotopic (exact) mass is 507 g/mol. The van der Waals surface area contributed by atoms with Crippen LogP contribution in [0.4, 0.5) is 11.4 Å². The van der Waals surface area contributed by atoms with E-state index in [0.29, 0.717) is 0 Å². The first-order valence-electron chi connectivity index (χ1n) is 11.3. The van der Waals surface area contributed by atoms with Crippen LogP contribution in [0.5, 0.6) is 0 Å². The van der Waals surface area contributed by atoms with Gasteiger partial charge in [0.2, 0.25) is 0 Å². The average molecular weight is 508 g/mol. The summed E-state index contributed by atoms with van der Waals surface area (Å²) in [6.07, 6.45) is -0.186. The van der Waals surface area contributed by atoms with E-state index in [0.717, 1.165) is 39.9 Å². The summed E-state index contributed by atoms with van der Waals surface area (Å²) in [7, 11) is 1.44. The summed E-state index contributed by atoms with van der Waals surface area (Å²) in [5, 5.41) is 3.68. The SMILES string of the molecule is CCN(CC)c1ccc(C2Nc3ccc(Br)cc3C(c3ccccc3)N2CC(=O)OC)cc1. The van der Waals surface area contributed by atoms with Crippen molar-refractivity contribution in [1.82, 2.24) is 4.90 Å². The lowest BCUT2D eigenvalue weighted by molar-refractivity contribution is -0.143. The Morgan fingerprint density at radius 2 is 1.70 bits per heavy atom. The summed E-state index contributed by atoms with van der Waals surface area (Å²) in [6.45, 7) is 6.42. The molecule has 0 saturated heterocycles. The van der Waals surface area contributed by atoms with Crippen LogP contribution in [0.25, 0.3) is 0 Å². The Morgan fingerprint density at radius 1 is 1.00 bits per heavy atom. The van der Waals surface area contributed by atoms with Crippen LogP contribution in [0.15, 0.2) is 77.3 Å². The van der Waals surface area contributed by atoms with Crippen LogP contribution in [0, 0.1) is 0 Å². The van der Waals surface area contributed by atoms with Crippen LogP contribution in [0.2, 0.25) is 0 Å². The zero-order valence-electron chi connectivity index (χ0n) is 19.3. The van der Waals surface area contributed by atoms with Crippen molar-refractivity contribution < 1.29 is 9.53 Å². The van der Waals surface area contributed by atoms with Gasteiger partial charge in [-0.2, -0.15) is 0 Å². The maximum absolute atomic E-state index is 12.5. The van der Waals surface area contributed by atoms with Gasteiger partial charge in [0.05, 0.1) is 19.7 Å². The molecule has 172 valence electrons. The van der Waals surface area contributed by atoms with Crippen molar-refractivity contribution >= 4 is 33.3 Å². The van der Waals surface area contributed by atoms with Crippen LogP contribution >= 0.6 is 15.9 Å². The van der Waals surface area contributed by atoms with E-state index in [9.17, 15) is 4.79 Å². The molecule has 0 spiro atoms. The molecule has 1 aliphatic heterocycles. The molecule has 3 aromatic carbocycles. The normalized spacial score (nSPS) is 17.7. The summed E-state index contributed by atoms with van der Waals surface area (Å²) in [5.74, 6) is -0.263. The van der Waals surface area contributed by atoms with E-state index in [1.807, 2.05) is 24.3 Å². The second-order valence-corrected chi connectivity index (χ2v) is 9.02. The van der Waals surface area contributed by atoms with Crippen molar-refractivity contribution in [2.45, 2.75) is 26.1 Å². The van der Waals surface area contributed by atoms with Crippen LogP contribution in [0.3, 0.4) is 0 Å². The molecule has 1 aliphatic rings. The van der Waals surface area contributed by atoms with E-state index in [1.165, 1.54) is 12.8 Å². The molecule has 0 bridgehead atoms. The summed E-state index contributed by atoms with van der Waals surface area (Å²) < 4.78 is 6.09. The molecule has 2 atom stereocenters. The second kappa shape index (κ2) is 10.4. The highest BCUT2D eigenvalue weighted by Gasteiger charge is 2.37. The molecule has 6 heteroatoms. The number of carbonyl (C=O) groups is 1. The van der Waals surface area contributed by atoms with Gasteiger partial charge in [-0.1, -0.05) is 58.4 Å². The molecule has 0 saturated carbocycles. The third kappa shape index (κ3) is 4.92. The van der Waals surface area contributed by atoms with E-state index in [-0.39, 0.29) is 24.7 Å². The Labute approximate surface area is 204 Å². The van der Waals surface area contributed by atoms with Crippen molar-refractivity contribution in [3.63, 3.8) is 0 Å². The number of esters is 1. The van der Waals surface area contributed by atoms with Gasteiger partial charge in [-0.15, -0.1) is 0 Å². The molecule has 4 rings (SSSR count). The Bertz CT molecular complexity index is 1080. The summed E-state index contributed by atoms with van der Waals surface area (Å²) in [6, 6.07) is 25.1. The number of hydrogen-bond acceptors (Lipinski definition) is 5. The minimum Gasteiger partial charge on any atom is -0.468 e. The Balaban J connectivity index is 1.82. The van der Waals surface area contributed by atoms with Gasteiger partial charge in [0, 0.05) is 28.9 Å². The van der Waals surface area contributed by atoms with Gasteiger partial charge in [0.15, 0.2) is 0 Å². The molecular weight excluding hydrogens is 478 g/mol. The molecule has 0 aromatic heterocycles. The molecule has 1 N–H and O–H groups in total. The predicted molar refractivity (Wildman–Crippen MR) is 138 cm³/mol. The molecule has 0 radical (unpaired) electrons. The van der Waals surface area contributed by atoms with E-state index in [2.05, 4.69) is 93.4 Å². The first-order chi connectivity index (χ1) is 16.0. The Morgan fingerprint density at radius 3 is 2.33 bits per heavy atom. The standard InChI is InChI=1S/C27H30BrN3O2/c1-4-30(5-2)22-14-11-20(12-15-22)27-29-24-16-13-21(28)17-23(24)26(19-9-7-6-8-10-19)31(27)18-25(32)33-3/h6-17,26-27,29H,4-5,18H2,1-3H3. The number of benzene rings is 3. The van der Waals surface area contributed by atoms with Crippen molar-refractivity contribution in [1.29, 1.82) is 0 Å². The fourth-order valence-electron chi connectivity index (χ4n) is 4.58. The van der Waals surface area contributed by atoms with Crippen LogP contribution in [0.1, 0.15) is 42.7 Å². The zero-order valence-corrected chi connectivity index (χ0v) is 20.9. The number of ether oxygens (including phenoxy) is 1. The number of fused-ring (bicyclic) bond motifs is 1. The Hall–Kier alpha value is -2.83.